The number of piperidine rings is 1. The lowest BCUT2D eigenvalue weighted by molar-refractivity contribution is -0.0493. The molecule has 4 aliphatic rings. The van der Waals surface area contributed by atoms with E-state index in [1.54, 1.807) is 36.0 Å². The van der Waals surface area contributed by atoms with Crippen molar-refractivity contribution in [2.45, 2.75) is 107 Å². The number of pyridine rings is 1. The van der Waals surface area contributed by atoms with Crippen LogP contribution in [0.4, 0.5) is 17.1 Å². The standard InChI is InChI=1S/C49H60ClN7O5S/c1-31(2)36-7-4-5-8-37(36)38-9-6-10-42(38)57-29-49(30-57)20-23-56(24-21-49)34-11-13-39(43(26-34)62-44-25-33-17-22-52-46(33)54-45(44)50)47(58)55-63(60,61)35-12-14-41(40(51)27-35)53-28-32-15-18-48(3,59)19-16-32/h4-5,7-8,11-14,17,22,25-27,31-32,38,42,53,59H,6,9-10,15-16,18-21,23-24,28-30,51H2,1-3H3,(H,52,54)(H,55,58)/t32?,38-,42-,48?/m0/s1. The highest BCUT2D eigenvalue weighted by molar-refractivity contribution is 7.90. The van der Waals surface area contributed by atoms with Crippen molar-refractivity contribution in [2.24, 2.45) is 11.3 Å². The molecule has 12 nitrogen and oxygen atoms in total. The number of nitrogens with two attached hydrogens (primary N) is 1. The molecule has 9 rings (SSSR count). The van der Waals surface area contributed by atoms with Gasteiger partial charge < -0.3 is 30.8 Å². The van der Waals surface area contributed by atoms with Gasteiger partial charge in [-0.2, -0.15) is 0 Å². The number of aliphatic hydroxyl groups is 1. The first-order valence-electron chi connectivity index (χ1n) is 22.6. The molecule has 6 N–H and O–H groups in total. The number of nitrogens with zero attached hydrogens (tertiary/aromatic N) is 3. The van der Waals surface area contributed by atoms with Crippen molar-refractivity contribution in [3.05, 3.63) is 101 Å². The van der Waals surface area contributed by atoms with Crippen LogP contribution < -0.4 is 25.4 Å². The van der Waals surface area contributed by atoms with Crippen LogP contribution >= 0.6 is 11.6 Å². The number of nitrogens with one attached hydrogen (secondary N) is 3. The number of fused-ring (bicyclic) bond motifs is 1. The molecule has 14 heteroatoms. The Balaban J connectivity index is 0.891. The topological polar surface area (TPSA) is 166 Å². The fraction of sp³-hybridized carbons (Fsp3) is 0.469. The minimum atomic E-state index is -4.34. The number of nitrogen functional groups attached to an aromatic ring is 1. The molecule has 0 unspecified atom stereocenters. The van der Waals surface area contributed by atoms with Crippen LogP contribution in [-0.2, 0) is 10.0 Å². The summed E-state index contributed by atoms with van der Waals surface area (Å²) in [6, 6.07) is 22.9. The molecule has 0 radical (unpaired) electrons. The summed E-state index contributed by atoms with van der Waals surface area (Å²) in [6.07, 6.45) is 10.9. The number of carbonyl (C=O) groups excluding carboxylic acids is 1. The molecule has 4 heterocycles. The predicted octanol–water partition coefficient (Wildman–Crippen LogP) is 9.42. The number of ether oxygens (including phenoxy) is 1. The van der Waals surface area contributed by atoms with E-state index in [0.29, 0.717) is 41.7 Å². The van der Waals surface area contributed by atoms with Crippen LogP contribution in [0.3, 0.4) is 0 Å². The number of aromatic amines is 1. The summed E-state index contributed by atoms with van der Waals surface area (Å²) in [5.41, 5.74) is 11.4. The first-order valence-corrected chi connectivity index (χ1v) is 24.5. The molecule has 3 aromatic carbocycles. The fourth-order valence-corrected chi connectivity index (χ4v) is 11.9. The number of benzene rings is 3. The van der Waals surface area contributed by atoms with Crippen LogP contribution in [0.5, 0.6) is 11.5 Å². The zero-order valence-electron chi connectivity index (χ0n) is 36.5. The zero-order valence-corrected chi connectivity index (χ0v) is 38.1. The largest absolute Gasteiger partial charge is 0.453 e. The van der Waals surface area contributed by atoms with Gasteiger partial charge in [0.25, 0.3) is 15.9 Å². The van der Waals surface area contributed by atoms with Gasteiger partial charge in [0.05, 0.1) is 27.4 Å². The van der Waals surface area contributed by atoms with Crippen molar-refractivity contribution in [2.75, 3.05) is 48.7 Å². The van der Waals surface area contributed by atoms with E-state index in [1.807, 2.05) is 19.1 Å². The highest BCUT2D eigenvalue weighted by atomic mass is 35.5. The molecule has 0 bridgehead atoms. The molecule has 1 amide bonds. The Kier molecular flexibility index (Phi) is 11.9. The average molecular weight is 895 g/mol. The quantitative estimate of drug-likeness (QED) is 0.0602. The molecule has 334 valence electrons. The second-order valence-electron chi connectivity index (χ2n) is 19.3. The summed E-state index contributed by atoms with van der Waals surface area (Å²) < 4.78 is 36.1. The molecular weight excluding hydrogens is 834 g/mol. The van der Waals surface area contributed by atoms with Crippen molar-refractivity contribution < 1.29 is 23.1 Å². The Labute approximate surface area is 376 Å². The maximum Gasteiger partial charge on any atom is 0.268 e. The predicted molar refractivity (Wildman–Crippen MR) is 251 cm³/mol. The van der Waals surface area contributed by atoms with Gasteiger partial charge in [0.1, 0.15) is 11.4 Å². The minimum Gasteiger partial charge on any atom is -0.453 e. The Morgan fingerprint density at radius 1 is 0.984 bits per heavy atom. The van der Waals surface area contributed by atoms with Crippen molar-refractivity contribution >= 4 is 55.6 Å². The number of anilines is 3. The number of sulfonamides is 1. The summed E-state index contributed by atoms with van der Waals surface area (Å²) in [4.78, 5) is 26.4. The lowest BCUT2D eigenvalue weighted by Gasteiger charge is -2.57. The number of amides is 1. The molecule has 63 heavy (non-hydrogen) atoms. The van der Waals surface area contributed by atoms with E-state index in [4.69, 9.17) is 22.1 Å². The van der Waals surface area contributed by atoms with Gasteiger partial charge in [0, 0.05) is 62.1 Å². The second kappa shape index (κ2) is 17.3. The molecule has 2 aromatic heterocycles. The Morgan fingerprint density at radius 2 is 1.75 bits per heavy atom. The van der Waals surface area contributed by atoms with E-state index in [1.165, 1.54) is 37.0 Å². The molecular formula is C49H60ClN7O5S. The van der Waals surface area contributed by atoms with Crippen molar-refractivity contribution in [1.82, 2.24) is 19.6 Å². The maximum atomic E-state index is 14.0. The number of aromatic nitrogens is 2. The smallest absolute Gasteiger partial charge is 0.268 e. The van der Waals surface area contributed by atoms with Gasteiger partial charge >= 0.3 is 0 Å². The first-order chi connectivity index (χ1) is 30.2. The molecule has 2 saturated carbocycles. The lowest BCUT2D eigenvalue weighted by Crippen LogP contribution is -2.63. The van der Waals surface area contributed by atoms with Gasteiger partial charge in [-0.05, 0) is 135 Å². The summed E-state index contributed by atoms with van der Waals surface area (Å²) in [5.74, 6) is 1.01. The Morgan fingerprint density at radius 3 is 2.49 bits per heavy atom. The third-order valence-corrected chi connectivity index (χ3v) is 16.0. The molecule has 2 aliphatic heterocycles. The third-order valence-electron chi connectivity index (χ3n) is 14.4. The maximum absolute atomic E-state index is 14.0. The summed E-state index contributed by atoms with van der Waals surface area (Å²) in [5, 5.41) is 14.5. The van der Waals surface area contributed by atoms with Gasteiger partial charge in [-0.3, -0.25) is 9.69 Å². The highest BCUT2D eigenvalue weighted by Gasteiger charge is 2.49. The molecule has 5 aromatic rings. The molecule has 1 spiro atoms. The van der Waals surface area contributed by atoms with Gasteiger partial charge in [-0.1, -0.05) is 56.1 Å². The van der Waals surface area contributed by atoms with Gasteiger partial charge in [-0.15, -0.1) is 0 Å². The van der Waals surface area contributed by atoms with Gasteiger partial charge in [0.15, 0.2) is 10.9 Å². The number of likely N-dealkylation sites (tertiary alicyclic amines) is 1. The lowest BCUT2D eigenvalue weighted by atomic mass is 9.70. The summed E-state index contributed by atoms with van der Waals surface area (Å²) in [6.45, 7) is 11.1. The van der Waals surface area contributed by atoms with E-state index in [9.17, 15) is 18.3 Å². The van der Waals surface area contributed by atoms with E-state index in [-0.39, 0.29) is 38.2 Å². The van der Waals surface area contributed by atoms with Crippen molar-refractivity contribution in [3.63, 3.8) is 0 Å². The van der Waals surface area contributed by atoms with Gasteiger partial charge in [-0.25, -0.2) is 18.1 Å². The van der Waals surface area contributed by atoms with E-state index in [2.05, 4.69) is 67.9 Å². The van der Waals surface area contributed by atoms with E-state index >= 15 is 0 Å². The number of hydrogen-bond acceptors (Lipinski definition) is 10. The number of carbonyl (C=O) groups is 1. The first kappa shape index (κ1) is 43.4. The number of halogens is 1. The normalized spacial score (nSPS) is 23.8. The SMILES string of the molecule is CC(C)c1ccccc1[C@@H]1CCC[C@@H]1N1CC2(CCN(c3ccc(C(=O)NS(=O)(=O)c4ccc(NCC5CCC(C)(O)CC5)c(N)c4)c(Oc4cc5cc[nH]c5nc4Cl)c3)CC2)C1. The monoisotopic (exact) mass is 893 g/mol. The highest BCUT2D eigenvalue weighted by Crippen LogP contribution is 2.49. The molecule has 2 aliphatic carbocycles. The van der Waals surface area contributed by atoms with Crippen molar-refractivity contribution in [1.29, 1.82) is 0 Å². The number of rotatable bonds is 12. The number of hydrogen-bond donors (Lipinski definition) is 5. The van der Waals surface area contributed by atoms with Crippen molar-refractivity contribution in [3.8, 4) is 11.5 Å². The minimum absolute atomic E-state index is 0.0264. The number of H-pyrrole nitrogens is 1. The van der Waals surface area contributed by atoms with Crippen LogP contribution in [0.2, 0.25) is 5.15 Å². The van der Waals surface area contributed by atoms with Crippen LogP contribution in [-0.4, -0.2) is 78.7 Å². The van der Waals surface area contributed by atoms with Crippen LogP contribution in [0.15, 0.2) is 83.9 Å². The van der Waals surface area contributed by atoms with Crippen LogP contribution in [0.25, 0.3) is 11.0 Å². The Hall–Kier alpha value is -4.82. The van der Waals surface area contributed by atoms with E-state index < -0.39 is 21.5 Å². The molecule has 4 fully saturated rings. The van der Waals surface area contributed by atoms with E-state index in [0.717, 1.165) is 75.8 Å². The average Bonchev–Trinajstić information content (AvgIpc) is 3.92. The third kappa shape index (κ3) is 9.12. The fourth-order valence-electron chi connectivity index (χ4n) is 10.7. The second-order valence-corrected chi connectivity index (χ2v) is 21.3. The Bertz CT molecular complexity index is 2590. The zero-order chi connectivity index (χ0) is 44.1. The van der Waals surface area contributed by atoms with Crippen LogP contribution in [0, 0.1) is 11.3 Å². The summed E-state index contributed by atoms with van der Waals surface area (Å²) >= 11 is 6.61. The summed E-state index contributed by atoms with van der Waals surface area (Å²) in [7, 11) is -4.34. The molecule has 2 atom stereocenters. The van der Waals surface area contributed by atoms with Gasteiger partial charge in [0.2, 0.25) is 0 Å². The van der Waals surface area contributed by atoms with Crippen LogP contribution in [0.1, 0.15) is 112 Å². The molecule has 2 saturated heterocycles.